The predicted molar refractivity (Wildman–Crippen MR) is 102 cm³/mol. The van der Waals surface area contributed by atoms with Crippen LogP contribution in [0.2, 0.25) is 0 Å². The first-order valence-corrected chi connectivity index (χ1v) is 9.58. The molecule has 0 radical (unpaired) electrons. The Labute approximate surface area is 160 Å². The van der Waals surface area contributed by atoms with Crippen molar-refractivity contribution >= 4 is 17.9 Å². The van der Waals surface area contributed by atoms with Crippen molar-refractivity contribution in [2.24, 2.45) is 5.92 Å². The Balaban J connectivity index is 2.09. The van der Waals surface area contributed by atoms with Crippen LogP contribution in [0.4, 0.5) is 4.79 Å². The Bertz CT molecular complexity index is 635. The number of esters is 1. The largest absolute Gasteiger partial charge is 0.466 e. The number of nitrogens with one attached hydrogen (secondary N) is 2. The SMILES string of the molecule is CCNC(=O)NC(Cc1ccccc1)C(=O)N1CCCC(C(=O)OCC)C1. The highest BCUT2D eigenvalue weighted by Crippen LogP contribution is 2.19. The minimum absolute atomic E-state index is 0.167. The van der Waals surface area contributed by atoms with Crippen molar-refractivity contribution in [1.82, 2.24) is 15.5 Å². The van der Waals surface area contributed by atoms with Crippen molar-refractivity contribution in [3.63, 3.8) is 0 Å². The highest BCUT2D eigenvalue weighted by molar-refractivity contribution is 5.88. The van der Waals surface area contributed by atoms with Crippen LogP contribution in [0.3, 0.4) is 0 Å². The van der Waals surface area contributed by atoms with E-state index in [0.29, 0.717) is 32.7 Å². The maximum Gasteiger partial charge on any atom is 0.315 e. The van der Waals surface area contributed by atoms with Gasteiger partial charge in [0, 0.05) is 26.1 Å². The number of carbonyl (C=O) groups is 3. The van der Waals surface area contributed by atoms with Gasteiger partial charge in [-0.3, -0.25) is 9.59 Å². The number of ether oxygens (including phenoxy) is 1. The number of rotatable bonds is 7. The minimum atomic E-state index is -0.681. The standard InChI is InChI=1S/C20H29N3O4/c1-3-21-20(26)22-17(13-15-9-6-5-7-10-15)18(24)23-12-8-11-16(14-23)19(25)27-4-2/h5-7,9-10,16-17H,3-4,8,11-14H2,1-2H3,(H2,21,22,26). The highest BCUT2D eigenvalue weighted by Gasteiger charge is 2.33. The van der Waals surface area contributed by atoms with Gasteiger partial charge in [-0.25, -0.2) is 4.79 Å². The topological polar surface area (TPSA) is 87.7 Å². The number of benzene rings is 1. The Kier molecular flexibility index (Phi) is 8.10. The molecule has 0 bridgehead atoms. The average Bonchev–Trinajstić information content (AvgIpc) is 2.68. The number of likely N-dealkylation sites (tertiary alicyclic amines) is 1. The van der Waals surface area contributed by atoms with Crippen LogP contribution in [0.15, 0.2) is 30.3 Å². The van der Waals surface area contributed by atoms with Crippen LogP contribution in [-0.4, -0.2) is 55.1 Å². The summed E-state index contributed by atoms with van der Waals surface area (Å²) in [5.74, 6) is -0.727. The van der Waals surface area contributed by atoms with Gasteiger partial charge in [-0.15, -0.1) is 0 Å². The lowest BCUT2D eigenvalue weighted by atomic mass is 9.96. The maximum absolute atomic E-state index is 13.1. The summed E-state index contributed by atoms with van der Waals surface area (Å²) in [6.07, 6.45) is 1.86. The van der Waals surface area contributed by atoms with E-state index in [1.165, 1.54) is 0 Å². The van der Waals surface area contributed by atoms with Crippen LogP contribution in [0.5, 0.6) is 0 Å². The molecule has 0 aromatic heterocycles. The molecule has 2 atom stereocenters. The summed E-state index contributed by atoms with van der Waals surface area (Å²) in [5, 5.41) is 5.44. The summed E-state index contributed by atoms with van der Waals surface area (Å²) in [6, 6.07) is 8.52. The van der Waals surface area contributed by atoms with E-state index < -0.39 is 6.04 Å². The van der Waals surface area contributed by atoms with Gasteiger partial charge in [-0.1, -0.05) is 30.3 Å². The average molecular weight is 375 g/mol. The van der Waals surface area contributed by atoms with Crippen molar-refractivity contribution in [2.75, 3.05) is 26.2 Å². The molecular weight excluding hydrogens is 346 g/mol. The van der Waals surface area contributed by atoms with Crippen molar-refractivity contribution in [2.45, 2.75) is 39.2 Å². The van der Waals surface area contributed by atoms with Crippen LogP contribution in [0.25, 0.3) is 0 Å². The number of carbonyl (C=O) groups excluding carboxylic acids is 3. The molecule has 1 heterocycles. The van der Waals surface area contributed by atoms with Gasteiger partial charge < -0.3 is 20.3 Å². The molecule has 1 saturated heterocycles. The monoisotopic (exact) mass is 375 g/mol. The van der Waals surface area contributed by atoms with Crippen molar-refractivity contribution in [3.05, 3.63) is 35.9 Å². The fraction of sp³-hybridized carbons (Fsp3) is 0.550. The van der Waals surface area contributed by atoms with Crippen LogP contribution in [0.1, 0.15) is 32.3 Å². The van der Waals surface area contributed by atoms with Gasteiger partial charge in [-0.2, -0.15) is 0 Å². The number of urea groups is 1. The van der Waals surface area contributed by atoms with Gasteiger partial charge in [0.05, 0.1) is 12.5 Å². The predicted octanol–water partition coefficient (Wildman–Crippen LogP) is 1.72. The van der Waals surface area contributed by atoms with E-state index in [9.17, 15) is 14.4 Å². The van der Waals surface area contributed by atoms with Crippen molar-refractivity contribution < 1.29 is 19.1 Å². The highest BCUT2D eigenvalue weighted by atomic mass is 16.5. The number of piperidine rings is 1. The van der Waals surface area contributed by atoms with Crippen molar-refractivity contribution in [3.8, 4) is 0 Å². The van der Waals surface area contributed by atoms with Gasteiger partial charge in [0.1, 0.15) is 6.04 Å². The lowest BCUT2D eigenvalue weighted by Crippen LogP contribution is -2.54. The Hall–Kier alpha value is -2.57. The lowest BCUT2D eigenvalue weighted by molar-refractivity contribution is -0.151. The maximum atomic E-state index is 13.1. The zero-order valence-corrected chi connectivity index (χ0v) is 16.1. The summed E-state index contributed by atoms with van der Waals surface area (Å²) in [5.41, 5.74) is 0.964. The molecule has 0 saturated carbocycles. The minimum Gasteiger partial charge on any atom is -0.466 e. The molecule has 2 unspecified atom stereocenters. The summed E-state index contributed by atoms with van der Waals surface area (Å²) in [4.78, 5) is 38.8. The quantitative estimate of drug-likeness (QED) is 0.711. The summed E-state index contributed by atoms with van der Waals surface area (Å²) >= 11 is 0. The summed E-state index contributed by atoms with van der Waals surface area (Å²) < 4.78 is 5.11. The number of hydrogen-bond donors (Lipinski definition) is 2. The molecule has 2 N–H and O–H groups in total. The molecule has 148 valence electrons. The third-order valence-electron chi connectivity index (χ3n) is 4.58. The fourth-order valence-corrected chi connectivity index (χ4v) is 3.27. The van der Waals surface area contributed by atoms with Gasteiger partial charge >= 0.3 is 12.0 Å². The molecule has 0 spiro atoms. The van der Waals surface area contributed by atoms with E-state index in [1.54, 1.807) is 11.8 Å². The zero-order chi connectivity index (χ0) is 19.6. The molecule has 7 nitrogen and oxygen atoms in total. The molecule has 0 aliphatic carbocycles. The van der Waals surface area contributed by atoms with E-state index in [4.69, 9.17) is 4.74 Å². The van der Waals surface area contributed by atoms with Crippen molar-refractivity contribution in [1.29, 1.82) is 0 Å². The van der Waals surface area contributed by atoms with Crippen LogP contribution in [0, 0.1) is 5.92 Å². The van der Waals surface area contributed by atoms with Crippen LogP contribution >= 0.6 is 0 Å². The van der Waals surface area contributed by atoms with E-state index in [1.807, 2.05) is 37.3 Å². The van der Waals surface area contributed by atoms with Crippen LogP contribution in [-0.2, 0) is 20.7 Å². The van der Waals surface area contributed by atoms with Gasteiger partial charge in [0.25, 0.3) is 0 Å². The third kappa shape index (κ3) is 6.27. The zero-order valence-electron chi connectivity index (χ0n) is 16.1. The normalized spacial score (nSPS) is 17.7. The molecule has 1 aliphatic rings. The number of amides is 3. The van der Waals surface area contributed by atoms with Gasteiger partial charge in [0.2, 0.25) is 5.91 Å². The van der Waals surface area contributed by atoms with E-state index >= 15 is 0 Å². The first-order valence-electron chi connectivity index (χ1n) is 9.58. The Morgan fingerprint density at radius 3 is 2.63 bits per heavy atom. The van der Waals surface area contributed by atoms with Gasteiger partial charge in [0.15, 0.2) is 0 Å². The molecule has 1 aromatic rings. The third-order valence-corrected chi connectivity index (χ3v) is 4.58. The number of nitrogens with zero attached hydrogens (tertiary/aromatic N) is 1. The molecule has 2 rings (SSSR count). The molecule has 3 amide bonds. The molecule has 27 heavy (non-hydrogen) atoms. The fourth-order valence-electron chi connectivity index (χ4n) is 3.27. The second kappa shape index (κ2) is 10.5. The lowest BCUT2D eigenvalue weighted by Gasteiger charge is -2.34. The Morgan fingerprint density at radius 2 is 1.96 bits per heavy atom. The van der Waals surface area contributed by atoms with Gasteiger partial charge in [-0.05, 0) is 32.3 Å². The first-order chi connectivity index (χ1) is 13.0. The van der Waals surface area contributed by atoms with Crippen LogP contribution < -0.4 is 10.6 Å². The molecule has 1 aliphatic heterocycles. The van der Waals surface area contributed by atoms with E-state index in [0.717, 1.165) is 18.4 Å². The summed E-state index contributed by atoms with van der Waals surface area (Å²) in [6.45, 7) is 5.32. The molecule has 1 aromatic carbocycles. The van der Waals surface area contributed by atoms with E-state index in [2.05, 4.69) is 10.6 Å². The molecule has 7 heteroatoms. The smallest absolute Gasteiger partial charge is 0.315 e. The first kappa shape index (κ1) is 20.7. The second-order valence-corrected chi connectivity index (χ2v) is 6.62. The summed E-state index contributed by atoms with van der Waals surface area (Å²) in [7, 11) is 0. The number of hydrogen-bond acceptors (Lipinski definition) is 4. The Morgan fingerprint density at radius 1 is 1.22 bits per heavy atom. The molecular formula is C20H29N3O4. The second-order valence-electron chi connectivity index (χ2n) is 6.62. The van der Waals surface area contributed by atoms with E-state index in [-0.39, 0.29) is 23.8 Å². The molecule has 1 fully saturated rings.